The van der Waals surface area contributed by atoms with Crippen LogP contribution < -0.4 is 21.9 Å². The van der Waals surface area contributed by atoms with Crippen LogP contribution in [0.3, 0.4) is 0 Å². The van der Waals surface area contributed by atoms with Gasteiger partial charge in [0.25, 0.3) is 11.5 Å². The fraction of sp³-hybridized carbons (Fsp3) is 0.308. The van der Waals surface area contributed by atoms with Gasteiger partial charge in [0.1, 0.15) is 11.5 Å². The molecular weight excluding hydrogens is 446 g/mol. The van der Waals surface area contributed by atoms with Crippen molar-refractivity contribution >= 4 is 28.3 Å². The molecule has 0 fully saturated rings. The van der Waals surface area contributed by atoms with Gasteiger partial charge in [-0.25, -0.2) is 9.78 Å². The number of nitrogen functional groups attached to an aromatic ring is 1. The summed E-state index contributed by atoms with van der Waals surface area (Å²) >= 11 is 0. The van der Waals surface area contributed by atoms with Crippen molar-refractivity contribution in [2.24, 2.45) is 5.92 Å². The number of hydrogen-bond acceptors (Lipinski definition) is 6. The van der Waals surface area contributed by atoms with Crippen LogP contribution in [0.5, 0.6) is 0 Å². The average molecular weight is 476 g/mol. The fourth-order valence-corrected chi connectivity index (χ4v) is 4.06. The zero-order valence-electron chi connectivity index (χ0n) is 20.1. The predicted octanol–water partition coefficient (Wildman–Crippen LogP) is 4.03. The molecule has 4 aromatic rings. The number of pyridine rings is 1. The Morgan fingerprint density at radius 1 is 1.20 bits per heavy atom. The first-order valence-corrected chi connectivity index (χ1v) is 11.7. The number of nitrogens with one attached hydrogen (secondary N) is 1. The molecule has 1 aromatic carbocycles. The molecule has 0 radical (unpaired) electrons. The van der Waals surface area contributed by atoms with Crippen molar-refractivity contribution in [3.63, 3.8) is 0 Å². The van der Waals surface area contributed by atoms with Gasteiger partial charge < -0.3 is 15.1 Å². The number of unbranched alkanes of at least 4 members (excludes halogenated alkanes) is 1. The number of aromatic nitrogens is 3. The maximum Gasteiger partial charge on any atom is 0.330 e. The highest BCUT2D eigenvalue weighted by molar-refractivity contribution is 6.14. The maximum absolute atomic E-state index is 14.1. The standard InChI is InChI=1S/C26H29N5O4/c1-4-5-12-30(22-23(27)31(15-16(2)3)26(34)29-24(22)32)25(33)18-14-20(21-11-8-13-35-21)28-19-10-7-6-9-17(18)19/h6-11,13-14,16H,4-5,12,15,27H2,1-3H3,(H,29,32,34). The van der Waals surface area contributed by atoms with Gasteiger partial charge in [-0.1, -0.05) is 45.4 Å². The summed E-state index contributed by atoms with van der Waals surface area (Å²) in [6.07, 6.45) is 2.98. The molecule has 182 valence electrons. The summed E-state index contributed by atoms with van der Waals surface area (Å²) in [6, 6.07) is 12.5. The summed E-state index contributed by atoms with van der Waals surface area (Å²) in [7, 11) is 0. The van der Waals surface area contributed by atoms with Gasteiger partial charge in [0.05, 0.1) is 17.3 Å². The molecule has 0 spiro atoms. The number of H-pyrrole nitrogens is 1. The Morgan fingerprint density at radius 3 is 2.66 bits per heavy atom. The third-order valence-corrected chi connectivity index (χ3v) is 5.73. The van der Waals surface area contributed by atoms with Crippen LogP contribution in [-0.4, -0.2) is 27.0 Å². The summed E-state index contributed by atoms with van der Waals surface area (Å²) in [4.78, 5) is 47.9. The maximum atomic E-state index is 14.1. The molecule has 3 N–H and O–H groups in total. The number of fused-ring (bicyclic) bond motifs is 1. The Bertz CT molecular complexity index is 1470. The summed E-state index contributed by atoms with van der Waals surface area (Å²) in [5, 5.41) is 0.639. The average Bonchev–Trinajstić information content (AvgIpc) is 3.37. The zero-order valence-corrected chi connectivity index (χ0v) is 20.1. The van der Waals surface area contributed by atoms with Gasteiger partial charge in [-0.3, -0.25) is 19.1 Å². The number of nitrogens with zero attached hydrogens (tertiary/aromatic N) is 3. The molecule has 35 heavy (non-hydrogen) atoms. The number of benzene rings is 1. The Balaban J connectivity index is 1.92. The number of amides is 1. The van der Waals surface area contributed by atoms with E-state index in [4.69, 9.17) is 10.2 Å². The number of aromatic amines is 1. The molecular formula is C26H29N5O4. The molecule has 0 aliphatic heterocycles. The zero-order chi connectivity index (χ0) is 25.1. The van der Waals surface area contributed by atoms with Crippen LogP contribution in [0.25, 0.3) is 22.4 Å². The number of para-hydroxylation sites is 1. The largest absolute Gasteiger partial charge is 0.463 e. The van der Waals surface area contributed by atoms with Crippen molar-refractivity contribution in [1.29, 1.82) is 0 Å². The molecule has 3 aromatic heterocycles. The molecule has 9 nitrogen and oxygen atoms in total. The Kier molecular flexibility index (Phi) is 6.86. The van der Waals surface area contributed by atoms with Crippen LogP contribution in [0.2, 0.25) is 0 Å². The molecule has 1 amide bonds. The molecule has 0 unspecified atom stereocenters. The number of rotatable bonds is 8. The van der Waals surface area contributed by atoms with Crippen LogP contribution in [0.15, 0.2) is 62.7 Å². The Morgan fingerprint density at radius 2 is 1.97 bits per heavy atom. The molecule has 4 rings (SSSR count). The van der Waals surface area contributed by atoms with E-state index in [0.717, 1.165) is 6.42 Å². The van der Waals surface area contributed by atoms with Crippen molar-refractivity contribution < 1.29 is 9.21 Å². The van der Waals surface area contributed by atoms with E-state index in [-0.39, 0.29) is 24.0 Å². The van der Waals surface area contributed by atoms with Crippen molar-refractivity contribution in [1.82, 2.24) is 14.5 Å². The first kappa shape index (κ1) is 24.0. The minimum absolute atomic E-state index is 0.0239. The van der Waals surface area contributed by atoms with Crippen LogP contribution in [-0.2, 0) is 6.54 Å². The first-order valence-electron chi connectivity index (χ1n) is 11.7. The molecule has 9 heteroatoms. The molecule has 3 heterocycles. The molecule has 0 saturated carbocycles. The number of anilines is 2. The summed E-state index contributed by atoms with van der Waals surface area (Å²) in [5.41, 5.74) is 6.53. The van der Waals surface area contributed by atoms with Crippen molar-refractivity contribution in [3.8, 4) is 11.5 Å². The van der Waals surface area contributed by atoms with Gasteiger partial charge in [-0.05, 0) is 36.6 Å². The predicted molar refractivity (Wildman–Crippen MR) is 137 cm³/mol. The van der Waals surface area contributed by atoms with E-state index < -0.39 is 17.2 Å². The normalized spacial score (nSPS) is 11.3. The summed E-state index contributed by atoms with van der Waals surface area (Å²) < 4.78 is 6.83. The summed E-state index contributed by atoms with van der Waals surface area (Å²) in [5.74, 6) is 0.194. The van der Waals surface area contributed by atoms with Gasteiger partial charge in [-0.15, -0.1) is 0 Å². The van der Waals surface area contributed by atoms with Gasteiger partial charge in [-0.2, -0.15) is 0 Å². The molecule has 0 aliphatic carbocycles. The molecule has 0 bridgehead atoms. The van der Waals surface area contributed by atoms with Gasteiger partial charge in [0.2, 0.25) is 0 Å². The van der Waals surface area contributed by atoms with Crippen LogP contribution in [0, 0.1) is 5.92 Å². The molecule has 0 saturated heterocycles. The van der Waals surface area contributed by atoms with Crippen LogP contribution >= 0.6 is 0 Å². The van der Waals surface area contributed by atoms with E-state index in [2.05, 4.69) is 9.97 Å². The van der Waals surface area contributed by atoms with E-state index in [1.165, 1.54) is 9.47 Å². The van der Waals surface area contributed by atoms with Crippen molar-refractivity contribution in [2.45, 2.75) is 40.2 Å². The van der Waals surface area contributed by atoms with E-state index >= 15 is 0 Å². The van der Waals surface area contributed by atoms with E-state index in [1.54, 1.807) is 24.5 Å². The second kappa shape index (κ2) is 10.0. The van der Waals surface area contributed by atoms with Crippen molar-refractivity contribution in [3.05, 3.63) is 75.1 Å². The lowest BCUT2D eigenvalue weighted by Gasteiger charge is -2.25. The quantitative estimate of drug-likeness (QED) is 0.396. The Hall–Kier alpha value is -4.14. The number of furan rings is 1. The van der Waals surface area contributed by atoms with E-state index in [1.807, 2.05) is 45.0 Å². The molecule has 0 aliphatic rings. The minimum atomic E-state index is -0.693. The van der Waals surface area contributed by atoms with Crippen LogP contribution in [0.4, 0.5) is 11.5 Å². The minimum Gasteiger partial charge on any atom is -0.463 e. The first-order chi connectivity index (χ1) is 16.8. The monoisotopic (exact) mass is 475 g/mol. The topological polar surface area (TPSA) is 127 Å². The third-order valence-electron chi connectivity index (χ3n) is 5.73. The number of carbonyl (C=O) groups excluding carboxylic acids is 1. The third kappa shape index (κ3) is 4.75. The highest BCUT2D eigenvalue weighted by Crippen LogP contribution is 2.28. The SMILES string of the molecule is CCCCN(C(=O)c1cc(-c2ccco2)nc2ccccc12)c1c(N)n(CC(C)C)c(=O)[nH]c1=O. The number of carbonyl (C=O) groups is 1. The van der Waals surface area contributed by atoms with Gasteiger partial charge >= 0.3 is 5.69 Å². The second-order valence-corrected chi connectivity index (χ2v) is 8.86. The molecule has 0 atom stereocenters. The van der Waals surface area contributed by atoms with Gasteiger partial charge in [0.15, 0.2) is 11.4 Å². The highest BCUT2D eigenvalue weighted by Gasteiger charge is 2.27. The fourth-order valence-electron chi connectivity index (χ4n) is 4.06. The number of hydrogen-bond donors (Lipinski definition) is 2. The summed E-state index contributed by atoms with van der Waals surface area (Å²) in [6.45, 7) is 6.44. The lowest BCUT2D eigenvalue weighted by molar-refractivity contribution is 0.0987. The van der Waals surface area contributed by atoms with E-state index in [0.29, 0.717) is 40.9 Å². The second-order valence-electron chi connectivity index (χ2n) is 8.86. The van der Waals surface area contributed by atoms with Gasteiger partial charge in [0, 0.05) is 18.5 Å². The smallest absolute Gasteiger partial charge is 0.330 e. The lowest BCUT2D eigenvalue weighted by atomic mass is 10.0. The lowest BCUT2D eigenvalue weighted by Crippen LogP contribution is -2.42. The number of nitrogens with two attached hydrogens (primary N) is 1. The Labute approximate surface area is 202 Å². The van der Waals surface area contributed by atoms with E-state index in [9.17, 15) is 14.4 Å². The van der Waals surface area contributed by atoms with Crippen molar-refractivity contribution in [2.75, 3.05) is 17.2 Å². The van der Waals surface area contributed by atoms with Crippen LogP contribution in [0.1, 0.15) is 44.0 Å². The highest BCUT2D eigenvalue weighted by atomic mass is 16.3.